The molecule has 0 aliphatic heterocycles. The van der Waals surface area contributed by atoms with Crippen molar-refractivity contribution in [3.05, 3.63) is 91.0 Å². The molecule has 0 fully saturated rings. The molecule has 0 saturated heterocycles. The van der Waals surface area contributed by atoms with Gasteiger partial charge in [-0.15, -0.1) is 0 Å². The lowest BCUT2D eigenvalue weighted by molar-refractivity contribution is 0.102. The van der Waals surface area contributed by atoms with Gasteiger partial charge in [-0.3, -0.25) is 14.9 Å². The van der Waals surface area contributed by atoms with Gasteiger partial charge in [-0.1, -0.05) is 6.07 Å². The fourth-order valence-corrected chi connectivity index (χ4v) is 3.13. The molecule has 0 unspecified atom stereocenters. The zero-order valence-corrected chi connectivity index (χ0v) is 15.8. The Morgan fingerprint density at radius 1 is 0.967 bits per heavy atom. The van der Waals surface area contributed by atoms with Gasteiger partial charge in [0, 0.05) is 41.4 Å². The van der Waals surface area contributed by atoms with Crippen molar-refractivity contribution in [3.63, 3.8) is 0 Å². The van der Waals surface area contributed by atoms with E-state index in [0.29, 0.717) is 17.1 Å². The molecule has 2 aromatic carbocycles. The van der Waals surface area contributed by atoms with E-state index < -0.39 is 0 Å². The van der Waals surface area contributed by atoms with Gasteiger partial charge in [-0.2, -0.15) is 10.2 Å². The van der Waals surface area contributed by atoms with Crippen molar-refractivity contribution in [1.82, 2.24) is 25.0 Å². The molecule has 0 atom stereocenters. The van der Waals surface area contributed by atoms with Crippen LogP contribution in [0.2, 0.25) is 0 Å². The molecular weight excluding hydrogens is 378 g/mol. The van der Waals surface area contributed by atoms with E-state index in [0.717, 1.165) is 22.3 Å². The Balaban J connectivity index is 1.33. The Hall–Kier alpha value is -4.46. The predicted octanol–water partition coefficient (Wildman–Crippen LogP) is 4.14. The molecule has 5 rings (SSSR count). The number of nitrogens with one attached hydrogen (secondary N) is 3. The van der Waals surface area contributed by atoms with Gasteiger partial charge in [0.25, 0.3) is 5.91 Å². The van der Waals surface area contributed by atoms with Gasteiger partial charge in [0.2, 0.25) is 0 Å². The van der Waals surface area contributed by atoms with E-state index >= 15 is 0 Å². The van der Waals surface area contributed by atoms with Crippen LogP contribution in [0.1, 0.15) is 10.4 Å². The van der Waals surface area contributed by atoms with Crippen molar-refractivity contribution in [3.8, 4) is 5.69 Å². The molecule has 1 amide bonds. The molecule has 0 aliphatic carbocycles. The maximum atomic E-state index is 12.4. The number of aromatic nitrogens is 5. The number of aromatic amines is 1. The number of carbonyl (C=O) groups excluding carboxylic acids is 1. The summed E-state index contributed by atoms with van der Waals surface area (Å²) >= 11 is 0. The fourth-order valence-electron chi connectivity index (χ4n) is 3.13. The minimum absolute atomic E-state index is 0.210. The maximum Gasteiger partial charge on any atom is 0.257 e. The van der Waals surface area contributed by atoms with Crippen LogP contribution in [0.3, 0.4) is 0 Å². The van der Waals surface area contributed by atoms with E-state index in [2.05, 4.69) is 30.9 Å². The van der Waals surface area contributed by atoms with Crippen molar-refractivity contribution in [2.24, 2.45) is 0 Å². The normalized spacial score (nSPS) is 10.8. The number of rotatable bonds is 5. The third-order valence-corrected chi connectivity index (χ3v) is 4.59. The highest BCUT2D eigenvalue weighted by molar-refractivity contribution is 6.04. The predicted molar refractivity (Wildman–Crippen MR) is 115 cm³/mol. The Bertz CT molecular complexity index is 1320. The van der Waals surface area contributed by atoms with Crippen LogP contribution in [0.4, 0.5) is 17.2 Å². The number of hydrogen-bond donors (Lipinski definition) is 3. The van der Waals surface area contributed by atoms with E-state index in [4.69, 9.17) is 0 Å². The molecule has 30 heavy (non-hydrogen) atoms. The molecule has 8 heteroatoms. The second-order valence-corrected chi connectivity index (χ2v) is 6.69. The average Bonchev–Trinajstić information content (AvgIpc) is 3.44. The first-order valence-electron chi connectivity index (χ1n) is 9.32. The number of H-pyrrole nitrogens is 1. The second-order valence-electron chi connectivity index (χ2n) is 6.69. The number of carbonyl (C=O) groups is 1. The van der Waals surface area contributed by atoms with Gasteiger partial charge in [0.1, 0.15) is 0 Å². The highest BCUT2D eigenvalue weighted by Crippen LogP contribution is 2.21. The maximum absolute atomic E-state index is 12.4. The van der Waals surface area contributed by atoms with Gasteiger partial charge in [-0.25, -0.2) is 4.68 Å². The summed E-state index contributed by atoms with van der Waals surface area (Å²) in [6.45, 7) is 0. The second kappa shape index (κ2) is 7.51. The van der Waals surface area contributed by atoms with E-state index in [1.807, 2.05) is 54.7 Å². The SMILES string of the molecule is O=C(Nc1cccc(-n2ccc(Nc3ccc4[nH]ncc4c3)n2)c1)c1cccnc1. The molecule has 3 aromatic heterocycles. The number of anilines is 3. The zero-order valence-electron chi connectivity index (χ0n) is 15.8. The van der Waals surface area contributed by atoms with Crippen LogP contribution in [0.15, 0.2) is 85.5 Å². The van der Waals surface area contributed by atoms with Gasteiger partial charge in [0.15, 0.2) is 5.82 Å². The molecule has 0 bridgehead atoms. The number of fused-ring (bicyclic) bond motifs is 1. The topological polar surface area (TPSA) is 101 Å². The van der Waals surface area contributed by atoms with Crippen LogP contribution in [0.25, 0.3) is 16.6 Å². The molecule has 0 radical (unpaired) electrons. The molecule has 0 aliphatic rings. The lowest BCUT2D eigenvalue weighted by atomic mass is 10.2. The third kappa shape index (κ3) is 3.61. The summed E-state index contributed by atoms with van der Waals surface area (Å²) in [6, 6.07) is 18.8. The Labute approximate surface area is 171 Å². The van der Waals surface area contributed by atoms with E-state index in [1.54, 1.807) is 29.2 Å². The largest absolute Gasteiger partial charge is 0.339 e. The summed E-state index contributed by atoms with van der Waals surface area (Å²) in [6.07, 6.45) is 6.81. The average molecular weight is 395 g/mol. The Morgan fingerprint density at radius 3 is 2.83 bits per heavy atom. The molecule has 0 saturated carbocycles. The smallest absolute Gasteiger partial charge is 0.257 e. The van der Waals surface area contributed by atoms with Gasteiger partial charge >= 0.3 is 0 Å². The highest BCUT2D eigenvalue weighted by atomic mass is 16.1. The summed E-state index contributed by atoms with van der Waals surface area (Å²) in [7, 11) is 0. The lowest BCUT2D eigenvalue weighted by Crippen LogP contribution is -2.12. The number of pyridine rings is 1. The van der Waals surface area contributed by atoms with Crippen molar-refractivity contribution in [2.45, 2.75) is 0 Å². The number of benzene rings is 2. The monoisotopic (exact) mass is 395 g/mol. The summed E-state index contributed by atoms with van der Waals surface area (Å²) in [5.74, 6) is 0.500. The van der Waals surface area contributed by atoms with Crippen molar-refractivity contribution in [1.29, 1.82) is 0 Å². The van der Waals surface area contributed by atoms with Gasteiger partial charge in [-0.05, 0) is 48.5 Å². The summed E-state index contributed by atoms with van der Waals surface area (Å²) in [4.78, 5) is 16.3. The zero-order chi connectivity index (χ0) is 20.3. The number of nitrogens with zero attached hydrogens (tertiary/aromatic N) is 4. The minimum atomic E-state index is -0.210. The van der Waals surface area contributed by atoms with E-state index in [9.17, 15) is 4.79 Å². The summed E-state index contributed by atoms with van der Waals surface area (Å²) in [5, 5.41) is 18.8. The highest BCUT2D eigenvalue weighted by Gasteiger charge is 2.08. The van der Waals surface area contributed by atoms with Crippen LogP contribution in [-0.2, 0) is 0 Å². The fraction of sp³-hybridized carbons (Fsp3) is 0. The molecule has 5 aromatic rings. The number of amides is 1. The lowest BCUT2D eigenvalue weighted by Gasteiger charge is -2.08. The van der Waals surface area contributed by atoms with Gasteiger partial charge < -0.3 is 10.6 Å². The quantitative estimate of drug-likeness (QED) is 0.415. The first kappa shape index (κ1) is 17.6. The first-order valence-corrected chi connectivity index (χ1v) is 9.32. The number of hydrogen-bond acceptors (Lipinski definition) is 5. The minimum Gasteiger partial charge on any atom is -0.339 e. The van der Waals surface area contributed by atoms with Crippen molar-refractivity contribution < 1.29 is 4.79 Å². The van der Waals surface area contributed by atoms with Crippen LogP contribution in [-0.4, -0.2) is 30.9 Å². The summed E-state index contributed by atoms with van der Waals surface area (Å²) < 4.78 is 1.75. The van der Waals surface area contributed by atoms with Crippen LogP contribution in [0.5, 0.6) is 0 Å². The van der Waals surface area contributed by atoms with Crippen molar-refractivity contribution in [2.75, 3.05) is 10.6 Å². The van der Waals surface area contributed by atoms with Gasteiger partial charge in [0.05, 0.1) is 23.0 Å². The molecule has 8 nitrogen and oxygen atoms in total. The molecule has 3 N–H and O–H groups in total. The van der Waals surface area contributed by atoms with Crippen LogP contribution >= 0.6 is 0 Å². The van der Waals surface area contributed by atoms with Crippen LogP contribution < -0.4 is 10.6 Å². The molecule has 146 valence electrons. The molecular formula is C22H17N7O. The van der Waals surface area contributed by atoms with Crippen LogP contribution in [0, 0.1) is 0 Å². The Kier molecular flexibility index (Phi) is 4.41. The molecule has 3 heterocycles. The standard InChI is InChI=1S/C22H17N7O/c30-22(15-3-2-9-23-13-15)26-17-4-1-5-19(12-17)29-10-8-21(28-29)25-18-6-7-20-16(11-18)14-24-27-20/h1-14H,(H,24,27)(H,25,28)(H,26,30). The Morgan fingerprint density at radius 2 is 1.93 bits per heavy atom. The van der Waals surface area contributed by atoms with Crippen molar-refractivity contribution >= 4 is 34.0 Å². The first-order chi connectivity index (χ1) is 14.7. The third-order valence-electron chi connectivity index (χ3n) is 4.59. The summed E-state index contributed by atoms with van der Waals surface area (Å²) in [5.41, 5.74) is 3.92. The van der Waals surface area contributed by atoms with E-state index in [1.165, 1.54) is 6.20 Å². The van der Waals surface area contributed by atoms with E-state index in [-0.39, 0.29) is 5.91 Å². The molecule has 0 spiro atoms.